The number of esters is 4. The summed E-state index contributed by atoms with van der Waals surface area (Å²) >= 11 is 0. The maximum Gasteiger partial charge on any atom is 0.472 e. The fraction of sp³-hybridized carbons (Fsp3) is 0.636. The van der Waals surface area contributed by atoms with E-state index in [4.69, 9.17) is 37.0 Å². The van der Waals surface area contributed by atoms with E-state index in [0.717, 1.165) is 173 Å². The maximum absolute atomic E-state index is 13.0. The number of aliphatic hydroxyl groups excluding tert-OH is 1. The Labute approximate surface area is 579 Å². The number of hydrogen-bond donors (Lipinski definition) is 3. The third kappa shape index (κ3) is 67.5. The van der Waals surface area contributed by atoms with E-state index >= 15 is 0 Å². The molecule has 0 aromatic rings. The Morgan fingerprint density at radius 2 is 0.583 bits per heavy atom. The van der Waals surface area contributed by atoms with Crippen molar-refractivity contribution in [3.05, 3.63) is 146 Å². The Kier molecular flexibility index (Phi) is 64.9. The highest BCUT2D eigenvalue weighted by Gasteiger charge is 2.30. The quantitative estimate of drug-likeness (QED) is 0.0169. The van der Waals surface area contributed by atoms with E-state index in [2.05, 4.69) is 149 Å². The standard InChI is InChI=1S/C77H126O17P2/c1-5-9-13-17-21-25-29-32-35-38-42-45-49-53-57-61-74(79)87-67-72(93-76(81)63-59-55-51-47-41-28-24-20-16-12-8-4)69-91-95(83,84)89-65-71(78)66-90-96(85,86)92-70-73(94-77(82)64-60-56-52-48-44-40-37-34-31-27-23-19-15-11-7-3)68-88-75(80)62-58-54-50-46-43-39-36-33-30-26-22-18-14-10-6-2/h9-11,13-15,20-27,32-37,42,45,53,57,71-73,78H,5-8,12,16-19,28-31,38-41,43-44,46-52,54-56,58-70H2,1-4H3,(H,83,84)(H,85,86)/b13-9-,14-10-,15-11-,24-20-,25-21-,26-22-,27-23-,35-32-,36-33-,37-34-,45-42-,57-53-. The number of unbranched alkanes of at least 4 members (excludes halogenated alkanes) is 17. The summed E-state index contributed by atoms with van der Waals surface area (Å²) in [7, 11) is -9.99. The molecule has 0 aromatic carbocycles. The molecule has 3 N–H and O–H groups in total. The van der Waals surface area contributed by atoms with Crippen LogP contribution < -0.4 is 0 Å². The first-order chi connectivity index (χ1) is 46.7. The predicted octanol–water partition coefficient (Wildman–Crippen LogP) is 20.3. The van der Waals surface area contributed by atoms with Gasteiger partial charge in [-0.25, -0.2) is 9.13 Å². The molecule has 17 nitrogen and oxygen atoms in total. The molecule has 0 saturated heterocycles. The van der Waals surface area contributed by atoms with Crippen molar-refractivity contribution < 1.29 is 80.2 Å². The zero-order valence-corrected chi connectivity index (χ0v) is 61.0. The van der Waals surface area contributed by atoms with Gasteiger partial charge in [-0.15, -0.1) is 0 Å². The van der Waals surface area contributed by atoms with Crippen LogP contribution in [0.1, 0.15) is 259 Å². The number of carbonyl (C=O) groups excluding carboxylic acids is 4. The van der Waals surface area contributed by atoms with Crippen molar-refractivity contribution in [2.24, 2.45) is 0 Å². The Bertz CT molecular complexity index is 2400. The van der Waals surface area contributed by atoms with Crippen LogP contribution in [0.2, 0.25) is 0 Å². The third-order valence-electron chi connectivity index (χ3n) is 14.3. The van der Waals surface area contributed by atoms with Crippen LogP contribution in [0.4, 0.5) is 0 Å². The Morgan fingerprint density at radius 3 is 0.938 bits per heavy atom. The smallest absolute Gasteiger partial charge is 0.462 e. The van der Waals surface area contributed by atoms with E-state index < -0.39 is 97.5 Å². The van der Waals surface area contributed by atoms with Crippen LogP contribution in [0.15, 0.2) is 146 Å². The molecule has 0 radical (unpaired) electrons. The van der Waals surface area contributed by atoms with Gasteiger partial charge in [0, 0.05) is 19.3 Å². The number of phosphoric acid groups is 2. The molecular formula is C77H126O17P2. The monoisotopic (exact) mass is 1380 g/mol. The average molecular weight is 1390 g/mol. The van der Waals surface area contributed by atoms with Crippen LogP contribution in [0, 0.1) is 0 Å². The van der Waals surface area contributed by atoms with Gasteiger partial charge in [-0.1, -0.05) is 244 Å². The summed E-state index contributed by atoms with van der Waals surface area (Å²) in [6.45, 7) is 4.29. The minimum atomic E-state index is -5.00. The van der Waals surface area contributed by atoms with Gasteiger partial charge in [-0.2, -0.15) is 0 Å². The van der Waals surface area contributed by atoms with Gasteiger partial charge >= 0.3 is 39.5 Å². The summed E-state index contributed by atoms with van der Waals surface area (Å²) in [6.07, 6.45) is 76.0. The highest BCUT2D eigenvalue weighted by Crippen LogP contribution is 2.45. The molecular weight excluding hydrogens is 1260 g/mol. The number of carbonyl (C=O) groups is 4. The van der Waals surface area contributed by atoms with Crippen molar-refractivity contribution in [2.45, 2.75) is 277 Å². The fourth-order valence-electron chi connectivity index (χ4n) is 8.89. The van der Waals surface area contributed by atoms with E-state index in [1.807, 2.05) is 18.2 Å². The Morgan fingerprint density at radius 1 is 0.312 bits per heavy atom. The van der Waals surface area contributed by atoms with Gasteiger partial charge in [0.2, 0.25) is 0 Å². The molecule has 0 rings (SSSR count). The molecule has 0 bridgehead atoms. The van der Waals surface area contributed by atoms with E-state index in [-0.39, 0.29) is 25.7 Å². The lowest BCUT2D eigenvalue weighted by Crippen LogP contribution is -2.30. The SMILES string of the molecule is CC/C=C\C/C=C\C/C=C\C/C=C\C/C=C\CC(=O)OCC(COP(=O)(O)OCC(O)COP(=O)(O)OCC(COC(=O)CCCCCCC/C=C\C/C=C\C/C=C\CC)OC(=O)CCCCCCC/C=C\C/C=C\C/C=C\CC)OC(=O)CCCCCCC/C=C\CCCC. The van der Waals surface area contributed by atoms with Gasteiger partial charge in [0.05, 0.1) is 32.8 Å². The van der Waals surface area contributed by atoms with E-state index in [1.54, 1.807) is 6.08 Å². The van der Waals surface area contributed by atoms with E-state index in [9.17, 15) is 43.2 Å². The summed E-state index contributed by atoms with van der Waals surface area (Å²) < 4.78 is 68.1. The molecule has 0 aromatic heterocycles. The molecule has 5 unspecified atom stereocenters. The molecule has 0 amide bonds. The average Bonchev–Trinajstić information content (AvgIpc) is 1.11. The van der Waals surface area contributed by atoms with E-state index in [1.165, 1.54) is 6.42 Å². The molecule has 546 valence electrons. The summed E-state index contributed by atoms with van der Waals surface area (Å²) in [4.78, 5) is 72.6. The number of aliphatic hydroxyl groups is 1. The van der Waals surface area contributed by atoms with Gasteiger partial charge in [-0.3, -0.25) is 37.3 Å². The molecule has 96 heavy (non-hydrogen) atoms. The number of hydrogen-bond acceptors (Lipinski definition) is 15. The van der Waals surface area contributed by atoms with Crippen LogP contribution in [0.3, 0.4) is 0 Å². The summed E-state index contributed by atoms with van der Waals surface area (Å²) in [5, 5.41) is 10.6. The largest absolute Gasteiger partial charge is 0.472 e. The number of phosphoric ester groups is 2. The number of allylic oxidation sites excluding steroid dienone is 23. The van der Waals surface area contributed by atoms with Crippen molar-refractivity contribution >= 4 is 39.5 Å². The molecule has 0 spiro atoms. The molecule has 0 aliphatic heterocycles. The second kappa shape index (κ2) is 68.5. The summed E-state index contributed by atoms with van der Waals surface area (Å²) in [5.41, 5.74) is 0. The maximum atomic E-state index is 13.0. The zero-order chi connectivity index (χ0) is 70.4. The van der Waals surface area contributed by atoms with Crippen LogP contribution in [-0.4, -0.2) is 96.7 Å². The van der Waals surface area contributed by atoms with Gasteiger partial charge in [0.25, 0.3) is 0 Å². The van der Waals surface area contributed by atoms with Crippen LogP contribution in [-0.2, 0) is 65.4 Å². The zero-order valence-electron chi connectivity index (χ0n) is 59.2. The van der Waals surface area contributed by atoms with Crippen molar-refractivity contribution in [1.29, 1.82) is 0 Å². The Hall–Kier alpha value is -5.06. The lowest BCUT2D eigenvalue weighted by Gasteiger charge is -2.21. The molecule has 0 saturated carbocycles. The fourth-order valence-corrected chi connectivity index (χ4v) is 10.5. The second-order valence-corrected chi connectivity index (χ2v) is 26.3. The van der Waals surface area contributed by atoms with Crippen molar-refractivity contribution in [3.8, 4) is 0 Å². The minimum Gasteiger partial charge on any atom is -0.462 e. The first kappa shape index (κ1) is 90.9. The first-order valence-electron chi connectivity index (χ1n) is 36.1. The molecule has 0 heterocycles. The highest BCUT2D eigenvalue weighted by molar-refractivity contribution is 7.47. The lowest BCUT2D eigenvalue weighted by molar-refractivity contribution is -0.161. The topological polar surface area (TPSA) is 237 Å². The van der Waals surface area contributed by atoms with Crippen LogP contribution in [0.25, 0.3) is 0 Å². The van der Waals surface area contributed by atoms with Crippen molar-refractivity contribution in [1.82, 2.24) is 0 Å². The van der Waals surface area contributed by atoms with E-state index in [0.29, 0.717) is 25.7 Å². The van der Waals surface area contributed by atoms with Crippen LogP contribution in [0.5, 0.6) is 0 Å². The van der Waals surface area contributed by atoms with Crippen molar-refractivity contribution in [3.63, 3.8) is 0 Å². The van der Waals surface area contributed by atoms with Crippen molar-refractivity contribution in [2.75, 3.05) is 39.6 Å². The Balaban J connectivity index is 5.44. The normalized spacial score (nSPS) is 14.9. The molecule has 0 aliphatic rings. The van der Waals surface area contributed by atoms with Gasteiger partial charge in [-0.05, 0) is 135 Å². The summed E-state index contributed by atoms with van der Waals surface area (Å²) in [6, 6.07) is 0. The lowest BCUT2D eigenvalue weighted by atomic mass is 10.1. The van der Waals surface area contributed by atoms with Gasteiger partial charge in [0.15, 0.2) is 12.2 Å². The second-order valence-electron chi connectivity index (χ2n) is 23.4. The number of rotatable bonds is 66. The molecule has 0 aliphatic carbocycles. The molecule has 0 fully saturated rings. The number of ether oxygens (including phenoxy) is 4. The van der Waals surface area contributed by atoms with Gasteiger partial charge < -0.3 is 33.8 Å². The predicted molar refractivity (Wildman–Crippen MR) is 390 cm³/mol. The van der Waals surface area contributed by atoms with Gasteiger partial charge in [0.1, 0.15) is 19.3 Å². The van der Waals surface area contributed by atoms with Crippen LogP contribution >= 0.6 is 15.6 Å². The summed E-state index contributed by atoms with van der Waals surface area (Å²) in [5.74, 6) is -2.38. The minimum absolute atomic E-state index is 0.0604. The molecule has 19 heteroatoms. The third-order valence-corrected chi connectivity index (χ3v) is 16.2. The first-order valence-corrected chi connectivity index (χ1v) is 39.1. The highest BCUT2D eigenvalue weighted by atomic mass is 31.2. The molecule has 5 atom stereocenters.